The van der Waals surface area contributed by atoms with Crippen LogP contribution >= 0.6 is 0 Å². The van der Waals surface area contributed by atoms with E-state index in [0.29, 0.717) is 30.7 Å². The predicted molar refractivity (Wildman–Crippen MR) is 253 cm³/mol. The van der Waals surface area contributed by atoms with Crippen LogP contribution in [0.15, 0.2) is 0 Å². The first-order chi connectivity index (χ1) is 39.2. The van der Waals surface area contributed by atoms with E-state index in [-0.39, 0.29) is 6.61 Å². The number of amides is 1. The Morgan fingerprint density at radius 2 is 0.927 bits per heavy atom. The predicted octanol–water partition coefficient (Wildman–Crippen LogP) is -11.5. The highest BCUT2D eigenvalue weighted by Crippen LogP contribution is 2.40. The topological polar surface area (TPSA) is 524 Å². The van der Waals surface area contributed by atoms with Crippen molar-refractivity contribution in [3.63, 3.8) is 0 Å². The van der Waals surface area contributed by atoms with Crippen LogP contribution in [-0.2, 0) is 79.3 Å². The van der Waals surface area contributed by atoms with E-state index in [0.717, 1.165) is 12.8 Å². The van der Waals surface area contributed by atoms with Gasteiger partial charge in [0.15, 0.2) is 31.5 Å². The van der Waals surface area contributed by atoms with Gasteiger partial charge in [-0.3, -0.25) is 4.79 Å². The molecule has 0 saturated carbocycles. The standard InChI is InChI=1S/C47H76N4O31/c1-48-24(57)14-70-16-6-4-2-3-5-15-25(16)49-50-51(15)8-18-36-26(58)31(63)41(72-18)71-17-7-47(68,69)46(77-19(17)9-52)82-40-23(13-56)76-45(35(67)30(40)62)81-39-22(12-55)75-44(34(66)29(39)61)80-38-21(11-54)74-43(33(65)28(38)60)79-37-20(10-53)73-42(78-36)32(64)27(37)59/h16-23,26-46,52-56,58-69H,2-14H2,1H3,(H,48,57). The van der Waals surface area contributed by atoms with Gasteiger partial charge in [-0.2, -0.15) is 0 Å². The molecule has 22 aliphatic heterocycles. The average Bonchev–Trinajstić information content (AvgIpc) is 4.00. The largest absolute Gasteiger partial charge is 0.394 e. The Hall–Kier alpha value is -2.59. The van der Waals surface area contributed by atoms with Crippen LogP contribution in [0.3, 0.4) is 0 Å². The fourth-order valence-electron chi connectivity index (χ4n) is 11.4. The lowest BCUT2D eigenvalue weighted by molar-refractivity contribution is -0.422. The van der Waals surface area contributed by atoms with Gasteiger partial charge in [-0.15, -0.1) is 5.10 Å². The first-order valence-electron chi connectivity index (χ1n) is 27.1. The minimum atomic E-state index is -3.16. The number of carbonyl (C=O) groups excluding carboxylic acids is 1. The zero-order valence-corrected chi connectivity index (χ0v) is 44.1. The molecule has 23 aliphatic rings. The third-order valence-corrected chi connectivity index (χ3v) is 16.0. The molecule has 0 spiro atoms. The molecule has 1 aromatic heterocycles. The summed E-state index contributed by atoms with van der Waals surface area (Å²) >= 11 is 0. The summed E-state index contributed by atoms with van der Waals surface area (Å²) in [5, 5.41) is 202. The maximum Gasteiger partial charge on any atom is 0.245 e. The molecule has 0 aromatic carbocycles. The molecule has 470 valence electrons. The van der Waals surface area contributed by atoms with Gasteiger partial charge in [-0.1, -0.05) is 18.1 Å². The number of aromatic nitrogens is 3. The van der Waals surface area contributed by atoms with Crippen molar-refractivity contribution in [3.8, 4) is 0 Å². The van der Waals surface area contributed by atoms with Crippen molar-refractivity contribution < 1.29 is 153 Å². The number of hydrogen-bond acceptors (Lipinski definition) is 33. The molecule has 35 nitrogen and oxygen atoms in total. The van der Waals surface area contributed by atoms with Crippen molar-refractivity contribution in [2.24, 2.45) is 0 Å². The second-order valence-electron chi connectivity index (χ2n) is 21.5. The third kappa shape index (κ3) is 13.0. The molecule has 1 aliphatic carbocycles. The molecule has 82 heavy (non-hydrogen) atoms. The maximum atomic E-state index is 12.2. The number of rotatable bonds is 10. The first kappa shape index (κ1) is 63.9. The fraction of sp³-hybridized carbons (Fsp3) is 0.936. The van der Waals surface area contributed by atoms with Crippen LogP contribution in [0.4, 0.5) is 0 Å². The zero-order chi connectivity index (χ0) is 59.1. The van der Waals surface area contributed by atoms with Gasteiger partial charge >= 0.3 is 0 Å². The summed E-state index contributed by atoms with van der Waals surface area (Å²) in [7, 11) is 1.44. The van der Waals surface area contributed by atoms with Crippen molar-refractivity contribution in [2.75, 3.05) is 46.7 Å². The molecule has 23 heterocycles. The number of carbonyl (C=O) groups is 1. The van der Waals surface area contributed by atoms with Crippen molar-refractivity contribution >= 4 is 5.91 Å². The van der Waals surface area contributed by atoms with Crippen LogP contribution in [0.5, 0.6) is 0 Å². The Morgan fingerprint density at radius 3 is 1.35 bits per heavy atom. The maximum absolute atomic E-state index is 12.2. The molecule has 0 radical (unpaired) electrons. The van der Waals surface area contributed by atoms with Crippen LogP contribution in [0.25, 0.3) is 0 Å². The summed E-state index contributed by atoms with van der Waals surface area (Å²) in [6.07, 6.45) is -53.6. The molecule has 22 saturated heterocycles. The zero-order valence-electron chi connectivity index (χ0n) is 44.1. The minimum absolute atomic E-state index is 0.306. The lowest BCUT2D eigenvalue weighted by Crippen LogP contribution is -2.69. The first-order valence-corrected chi connectivity index (χ1v) is 27.1. The number of ether oxygens (including phenoxy) is 13. The second-order valence-corrected chi connectivity index (χ2v) is 21.5. The molecule has 1 aromatic rings. The lowest BCUT2D eigenvalue weighted by atomic mass is 9.94. The monoisotopic (exact) mass is 1190 g/mol. The summed E-state index contributed by atoms with van der Waals surface area (Å²) in [6, 6.07) is 0. The van der Waals surface area contributed by atoms with Gasteiger partial charge in [0.25, 0.3) is 0 Å². The SMILES string of the molecule is CNC(=O)COC1CCCCCc2c1nnn2CC1OC2OC3CC(O)(O)C(OC3CO)OC3C(CO)OC(OC4C(CO)OC(OC5C(CO)OC(OC6C(CO)OC(OC1C(O)C2O)C(O)C6O)C(O)C5O)C(O)C4O)C(O)C3O. The lowest BCUT2D eigenvalue weighted by Gasteiger charge is -2.51. The highest BCUT2D eigenvalue weighted by molar-refractivity contribution is 5.76. The van der Waals surface area contributed by atoms with E-state index in [9.17, 15) is 91.6 Å². The second kappa shape index (κ2) is 27.2. The van der Waals surface area contributed by atoms with Crippen molar-refractivity contribution in [1.29, 1.82) is 0 Å². The molecule has 35 heteroatoms. The van der Waals surface area contributed by atoms with E-state index < -0.39 is 236 Å². The van der Waals surface area contributed by atoms with Gasteiger partial charge < -0.3 is 154 Å². The molecule has 29 atom stereocenters. The van der Waals surface area contributed by atoms with Crippen LogP contribution in [0, 0.1) is 0 Å². The van der Waals surface area contributed by atoms with Gasteiger partial charge in [-0.25, -0.2) is 4.68 Å². The molecule has 12 bridgehead atoms. The van der Waals surface area contributed by atoms with Gasteiger partial charge in [0.1, 0.15) is 147 Å². The van der Waals surface area contributed by atoms with Crippen molar-refractivity contribution in [3.05, 3.63) is 11.4 Å². The number of likely N-dealkylation sites (N-methyl/N-ethyl adjacent to an activating group) is 1. The Balaban J connectivity index is 1.05. The molecular weight excluding hydrogens is 1120 g/mol. The Morgan fingerprint density at radius 1 is 0.524 bits per heavy atom. The van der Waals surface area contributed by atoms with E-state index in [1.165, 1.54) is 11.7 Å². The van der Waals surface area contributed by atoms with E-state index in [4.69, 9.17) is 61.6 Å². The van der Waals surface area contributed by atoms with Crippen molar-refractivity contribution in [1.82, 2.24) is 20.3 Å². The normalized spacial score (nSPS) is 47.7. The minimum Gasteiger partial charge on any atom is -0.394 e. The highest BCUT2D eigenvalue weighted by Gasteiger charge is 2.59. The molecular formula is C47H76N4O31. The molecule has 29 unspecified atom stereocenters. The van der Waals surface area contributed by atoms with E-state index >= 15 is 0 Å². The summed E-state index contributed by atoms with van der Waals surface area (Å²) in [5.74, 6) is -3.56. The Labute approximate surface area is 465 Å². The highest BCUT2D eigenvalue weighted by atomic mass is 16.8. The summed E-state index contributed by atoms with van der Waals surface area (Å²) in [5.41, 5.74) is 0.879. The number of hydrogen-bond donors (Lipinski definition) is 18. The molecule has 22 fully saturated rings. The number of aliphatic hydroxyl groups is 17. The number of aliphatic hydroxyl groups excluding tert-OH is 15. The number of fused-ring (bicyclic) bond motifs is 1. The van der Waals surface area contributed by atoms with Crippen LogP contribution in [0.1, 0.15) is 49.6 Å². The van der Waals surface area contributed by atoms with Crippen LogP contribution in [0.2, 0.25) is 0 Å². The number of nitrogens with zero attached hydrogens (tertiary/aromatic N) is 3. The summed E-state index contributed by atoms with van der Waals surface area (Å²) < 4.78 is 77.8. The van der Waals surface area contributed by atoms with Crippen LogP contribution in [-0.4, -0.2) is 332 Å². The Bertz CT molecular complexity index is 2200. The van der Waals surface area contributed by atoms with Gasteiger partial charge in [-0.05, 0) is 19.3 Å². The fourth-order valence-corrected chi connectivity index (χ4v) is 11.4. The average molecular weight is 1190 g/mol. The molecule has 24 rings (SSSR count). The summed E-state index contributed by atoms with van der Waals surface area (Å²) in [4.78, 5) is 12.2. The van der Waals surface area contributed by atoms with E-state index in [1.807, 2.05) is 0 Å². The van der Waals surface area contributed by atoms with Crippen molar-refractivity contribution in [2.45, 2.75) is 229 Å². The van der Waals surface area contributed by atoms with E-state index in [1.54, 1.807) is 0 Å². The third-order valence-electron chi connectivity index (χ3n) is 16.0. The molecule has 1 amide bonds. The van der Waals surface area contributed by atoms with Crippen LogP contribution < -0.4 is 5.32 Å². The quantitative estimate of drug-likeness (QED) is 0.0967. The van der Waals surface area contributed by atoms with Gasteiger partial charge in [0, 0.05) is 13.5 Å². The van der Waals surface area contributed by atoms with Gasteiger partial charge in [0.2, 0.25) is 18.0 Å². The van der Waals surface area contributed by atoms with E-state index in [2.05, 4.69) is 15.6 Å². The Kier molecular flexibility index (Phi) is 21.2. The smallest absolute Gasteiger partial charge is 0.245 e. The molecule has 18 N–H and O–H groups in total. The van der Waals surface area contributed by atoms with Gasteiger partial charge in [0.05, 0.1) is 51.4 Å². The number of nitrogens with one attached hydrogen (secondary N) is 1. The summed E-state index contributed by atoms with van der Waals surface area (Å²) in [6.45, 7) is -5.77.